The smallest absolute Gasteiger partial charge is 0.140 e. The second-order valence-corrected chi connectivity index (χ2v) is 6.82. The van der Waals surface area contributed by atoms with Crippen molar-refractivity contribution in [2.75, 3.05) is 0 Å². The maximum Gasteiger partial charge on any atom is 0.140 e. The van der Waals surface area contributed by atoms with Gasteiger partial charge < -0.3 is 5.73 Å². The lowest BCUT2D eigenvalue weighted by atomic mass is 10.0. The van der Waals surface area contributed by atoms with E-state index in [1.807, 2.05) is 31.2 Å². The molecule has 2 aromatic carbocycles. The molecule has 5 heteroatoms. The van der Waals surface area contributed by atoms with Crippen LogP contribution in [-0.4, -0.2) is 6.04 Å². The highest BCUT2D eigenvalue weighted by molar-refractivity contribution is 9.10. The van der Waals surface area contributed by atoms with Crippen LogP contribution >= 0.6 is 27.7 Å². The van der Waals surface area contributed by atoms with Gasteiger partial charge in [0.05, 0.1) is 4.90 Å². The Morgan fingerprint density at radius 1 is 1.19 bits per heavy atom. The van der Waals surface area contributed by atoms with Gasteiger partial charge in [-0.25, -0.2) is 8.78 Å². The molecule has 1 nitrogen and oxygen atoms in total. The predicted molar refractivity (Wildman–Crippen MR) is 86.6 cm³/mol. The molecule has 0 heterocycles. The van der Waals surface area contributed by atoms with E-state index in [1.54, 1.807) is 0 Å². The quantitative estimate of drug-likeness (QED) is 0.785. The van der Waals surface area contributed by atoms with Crippen molar-refractivity contribution < 1.29 is 8.78 Å². The fourth-order valence-corrected chi connectivity index (χ4v) is 3.35. The van der Waals surface area contributed by atoms with Crippen LogP contribution in [0.15, 0.2) is 50.7 Å². The normalized spacial score (nSPS) is 12.4. The molecule has 1 unspecified atom stereocenters. The zero-order valence-electron chi connectivity index (χ0n) is 11.6. The van der Waals surface area contributed by atoms with Gasteiger partial charge in [-0.3, -0.25) is 0 Å². The molecule has 0 bridgehead atoms. The van der Waals surface area contributed by atoms with Crippen LogP contribution in [0.5, 0.6) is 0 Å². The van der Waals surface area contributed by atoms with Crippen LogP contribution in [0.4, 0.5) is 8.78 Å². The molecule has 2 rings (SSSR count). The molecule has 0 radical (unpaired) electrons. The van der Waals surface area contributed by atoms with Crippen LogP contribution in [0.2, 0.25) is 0 Å². The summed E-state index contributed by atoms with van der Waals surface area (Å²) in [6, 6.07) is 10.0. The first-order chi connectivity index (χ1) is 9.99. The second kappa shape index (κ2) is 7.38. The number of halogens is 3. The molecule has 0 amide bonds. The Bertz CT molecular complexity index is 610. The van der Waals surface area contributed by atoms with Gasteiger partial charge in [-0.1, -0.05) is 40.7 Å². The van der Waals surface area contributed by atoms with Crippen molar-refractivity contribution in [3.05, 3.63) is 58.1 Å². The van der Waals surface area contributed by atoms with E-state index in [-0.39, 0.29) is 10.9 Å². The highest BCUT2D eigenvalue weighted by atomic mass is 79.9. The van der Waals surface area contributed by atoms with Crippen molar-refractivity contribution in [3.8, 4) is 0 Å². The van der Waals surface area contributed by atoms with Crippen molar-refractivity contribution in [1.82, 2.24) is 0 Å². The van der Waals surface area contributed by atoms with Gasteiger partial charge in [0.2, 0.25) is 0 Å². The first kappa shape index (κ1) is 16.5. The van der Waals surface area contributed by atoms with E-state index in [9.17, 15) is 8.78 Å². The van der Waals surface area contributed by atoms with E-state index in [0.717, 1.165) is 27.6 Å². The topological polar surface area (TPSA) is 26.0 Å². The van der Waals surface area contributed by atoms with Gasteiger partial charge in [-0.15, -0.1) is 0 Å². The van der Waals surface area contributed by atoms with Crippen molar-refractivity contribution in [2.24, 2.45) is 5.73 Å². The van der Waals surface area contributed by atoms with Gasteiger partial charge in [-0.05, 0) is 48.7 Å². The molecule has 0 aliphatic carbocycles. The third-order valence-electron chi connectivity index (χ3n) is 3.10. The van der Waals surface area contributed by atoms with Crippen LogP contribution in [-0.2, 0) is 6.42 Å². The maximum absolute atomic E-state index is 14.1. The molecule has 1 atom stereocenters. The third kappa shape index (κ3) is 4.53. The number of rotatable bonds is 5. The molecule has 2 N–H and O–H groups in total. The third-order valence-corrected chi connectivity index (χ3v) is 4.67. The summed E-state index contributed by atoms with van der Waals surface area (Å²) in [6.07, 6.45) is 1.25. The average molecular weight is 372 g/mol. The Labute approximate surface area is 136 Å². The summed E-state index contributed by atoms with van der Waals surface area (Å²) in [5.41, 5.74) is 6.42. The molecule has 0 fully saturated rings. The second-order valence-electron chi connectivity index (χ2n) is 4.82. The Morgan fingerprint density at radius 3 is 2.43 bits per heavy atom. The van der Waals surface area contributed by atoms with E-state index < -0.39 is 11.6 Å². The Balaban J connectivity index is 2.25. The molecule has 0 aliphatic heterocycles. The molecule has 2 aromatic rings. The van der Waals surface area contributed by atoms with Gasteiger partial charge in [0.25, 0.3) is 0 Å². The standard InChI is InChI=1S/C16H16BrF2NS/c1-2-12(20)6-10-7-14(18)16(15(19)8-10)21-13-5-3-4-11(17)9-13/h3-5,7-9,12H,2,6,20H2,1H3. The van der Waals surface area contributed by atoms with Crippen LogP contribution in [0.3, 0.4) is 0 Å². The molecule has 0 aliphatic rings. The van der Waals surface area contributed by atoms with E-state index in [0.29, 0.717) is 12.0 Å². The summed E-state index contributed by atoms with van der Waals surface area (Å²) in [6.45, 7) is 1.95. The lowest BCUT2D eigenvalue weighted by Gasteiger charge is -2.11. The zero-order chi connectivity index (χ0) is 15.4. The number of hydrogen-bond acceptors (Lipinski definition) is 2. The van der Waals surface area contributed by atoms with Crippen LogP contribution < -0.4 is 5.73 Å². The summed E-state index contributed by atoms with van der Waals surface area (Å²) in [4.78, 5) is 0.794. The zero-order valence-corrected chi connectivity index (χ0v) is 14.0. The monoisotopic (exact) mass is 371 g/mol. The minimum Gasteiger partial charge on any atom is -0.327 e. The van der Waals surface area contributed by atoms with Gasteiger partial charge in [0.15, 0.2) is 0 Å². The number of benzene rings is 2. The summed E-state index contributed by atoms with van der Waals surface area (Å²) in [5, 5.41) is 0. The highest BCUT2D eigenvalue weighted by Gasteiger charge is 2.14. The minimum absolute atomic E-state index is 0.0157. The molecule has 0 spiro atoms. The minimum atomic E-state index is -0.543. The maximum atomic E-state index is 14.1. The van der Waals surface area contributed by atoms with Crippen molar-refractivity contribution in [3.63, 3.8) is 0 Å². The summed E-state index contributed by atoms with van der Waals surface area (Å²) in [5.74, 6) is -1.09. The fraction of sp³-hybridized carbons (Fsp3) is 0.250. The summed E-state index contributed by atoms with van der Waals surface area (Å²) >= 11 is 4.42. The highest BCUT2D eigenvalue weighted by Crippen LogP contribution is 2.34. The molecule has 0 saturated heterocycles. The van der Waals surface area contributed by atoms with Crippen LogP contribution in [0.25, 0.3) is 0 Å². The van der Waals surface area contributed by atoms with Gasteiger partial charge in [0.1, 0.15) is 11.6 Å². The molecule has 21 heavy (non-hydrogen) atoms. The SMILES string of the molecule is CCC(N)Cc1cc(F)c(Sc2cccc(Br)c2)c(F)c1. The Morgan fingerprint density at radius 2 is 1.86 bits per heavy atom. The van der Waals surface area contributed by atoms with Gasteiger partial charge >= 0.3 is 0 Å². The van der Waals surface area contributed by atoms with E-state index in [4.69, 9.17) is 5.73 Å². The Kier molecular flexibility index (Phi) is 5.79. The van der Waals surface area contributed by atoms with Gasteiger partial charge in [-0.2, -0.15) is 0 Å². The average Bonchev–Trinajstić information content (AvgIpc) is 2.43. The number of hydrogen-bond donors (Lipinski definition) is 1. The first-order valence-electron chi connectivity index (χ1n) is 6.66. The molecule has 0 aromatic heterocycles. The largest absolute Gasteiger partial charge is 0.327 e. The molecular formula is C16H16BrF2NS. The van der Waals surface area contributed by atoms with Gasteiger partial charge in [0, 0.05) is 15.4 Å². The van der Waals surface area contributed by atoms with Crippen LogP contribution in [0.1, 0.15) is 18.9 Å². The fourth-order valence-electron chi connectivity index (χ4n) is 1.92. The van der Waals surface area contributed by atoms with Crippen LogP contribution in [0, 0.1) is 11.6 Å². The molecular weight excluding hydrogens is 356 g/mol. The van der Waals surface area contributed by atoms with Crippen molar-refractivity contribution in [1.29, 1.82) is 0 Å². The molecule has 112 valence electrons. The van der Waals surface area contributed by atoms with Crippen molar-refractivity contribution >= 4 is 27.7 Å². The predicted octanol–water partition coefficient (Wildman–Crippen LogP) is 5.16. The Hall–Kier alpha value is -0.910. The van der Waals surface area contributed by atoms with Crippen molar-refractivity contribution in [2.45, 2.75) is 35.6 Å². The molecule has 0 saturated carbocycles. The lowest BCUT2D eigenvalue weighted by Crippen LogP contribution is -2.21. The first-order valence-corrected chi connectivity index (χ1v) is 8.27. The summed E-state index contributed by atoms with van der Waals surface area (Å²) in [7, 11) is 0. The van der Waals surface area contributed by atoms with E-state index >= 15 is 0 Å². The lowest BCUT2D eigenvalue weighted by molar-refractivity contribution is 0.533. The summed E-state index contributed by atoms with van der Waals surface area (Å²) < 4.78 is 29.2. The number of nitrogens with two attached hydrogens (primary N) is 1. The van der Waals surface area contributed by atoms with E-state index in [1.165, 1.54) is 12.1 Å². The van der Waals surface area contributed by atoms with E-state index in [2.05, 4.69) is 15.9 Å².